The SMILES string of the molecule is O=c1c2cc(Br)ccc2nc(C2CCCCC2)n1N=Cc1cc(Cl)c(OCc2ccc(F)cc2)c(Cl)c1. The minimum Gasteiger partial charge on any atom is -0.486 e. The first-order valence-electron chi connectivity index (χ1n) is 12.0. The Kier molecular flexibility index (Phi) is 7.93. The summed E-state index contributed by atoms with van der Waals surface area (Å²) in [6, 6.07) is 14.9. The zero-order valence-electron chi connectivity index (χ0n) is 19.8. The second-order valence-electron chi connectivity index (χ2n) is 9.06. The first-order chi connectivity index (χ1) is 17.9. The molecule has 0 saturated heterocycles. The van der Waals surface area contributed by atoms with Crippen molar-refractivity contribution in [2.75, 3.05) is 0 Å². The van der Waals surface area contributed by atoms with Crippen molar-refractivity contribution in [1.82, 2.24) is 9.66 Å². The molecule has 5 rings (SSSR count). The molecule has 3 aromatic carbocycles. The lowest BCUT2D eigenvalue weighted by Crippen LogP contribution is -2.25. The van der Waals surface area contributed by atoms with Gasteiger partial charge in [-0.3, -0.25) is 4.79 Å². The highest BCUT2D eigenvalue weighted by molar-refractivity contribution is 9.10. The summed E-state index contributed by atoms with van der Waals surface area (Å²) in [4.78, 5) is 18.3. The van der Waals surface area contributed by atoms with Gasteiger partial charge in [0.25, 0.3) is 5.56 Å². The van der Waals surface area contributed by atoms with Crippen LogP contribution in [0.3, 0.4) is 0 Å². The standard InChI is InChI=1S/C28H23BrCl2FN3O2/c29-20-8-11-25-22(14-20)28(36)35(27(34-25)19-4-2-1-3-5-19)33-15-18-12-23(30)26(24(31)13-18)37-16-17-6-9-21(32)10-7-17/h6-15,19H,1-5,16H2. The molecule has 5 nitrogen and oxygen atoms in total. The van der Waals surface area contributed by atoms with E-state index in [0.717, 1.165) is 35.7 Å². The van der Waals surface area contributed by atoms with Crippen LogP contribution in [-0.4, -0.2) is 15.9 Å². The van der Waals surface area contributed by atoms with E-state index >= 15 is 0 Å². The van der Waals surface area contributed by atoms with Crippen LogP contribution in [0.2, 0.25) is 10.0 Å². The quantitative estimate of drug-likeness (QED) is 0.209. The second-order valence-corrected chi connectivity index (χ2v) is 10.8. The fourth-order valence-electron chi connectivity index (χ4n) is 4.56. The fourth-order valence-corrected chi connectivity index (χ4v) is 5.53. The topological polar surface area (TPSA) is 56.5 Å². The number of rotatable bonds is 6. The summed E-state index contributed by atoms with van der Waals surface area (Å²) < 4.78 is 21.1. The Labute approximate surface area is 232 Å². The maximum atomic E-state index is 13.5. The average Bonchev–Trinajstić information content (AvgIpc) is 2.89. The lowest BCUT2D eigenvalue weighted by molar-refractivity contribution is 0.306. The second kappa shape index (κ2) is 11.3. The lowest BCUT2D eigenvalue weighted by Gasteiger charge is -2.22. The Balaban J connectivity index is 1.47. The van der Waals surface area contributed by atoms with Crippen LogP contribution in [0.4, 0.5) is 4.39 Å². The molecule has 0 bridgehead atoms. The van der Waals surface area contributed by atoms with Gasteiger partial charge in [-0.25, -0.2) is 9.37 Å². The van der Waals surface area contributed by atoms with Gasteiger partial charge in [0.05, 0.1) is 27.2 Å². The Morgan fingerprint density at radius 3 is 2.46 bits per heavy atom. The smallest absolute Gasteiger partial charge is 0.282 e. The molecule has 1 aliphatic carbocycles. The summed E-state index contributed by atoms with van der Waals surface area (Å²) in [5.41, 5.74) is 1.83. The van der Waals surface area contributed by atoms with Crippen molar-refractivity contribution in [3.05, 3.63) is 102 Å². The van der Waals surface area contributed by atoms with Crippen LogP contribution in [0.15, 0.2) is 69.0 Å². The zero-order chi connectivity index (χ0) is 25.9. The van der Waals surface area contributed by atoms with Gasteiger partial charge in [-0.2, -0.15) is 9.78 Å². The van der Waals surface area contributed by atoms with Crippen molar-refractivity contribution < 1.29 is 9.13 Å². The highest BCUT2D eigenvalue weighted by Crippen LogP contribution is 2.35. The summed E-state index contributed by atoms with van der Waals surface area (Å²) >= 11 is 16.4. The van der Waals surface area contributed by atoms with Gasteiger partial charge in [-0.1, -0.05) is 70.5 Å². The van der Waals surface area contributed by atoms with Crippen molar-refractivity contribution in [2.24, 2.45) is 5.10 Å². The van der Waals surface area contributed by atoms with Crippen molar-refractivity contribution in [1.29, 1.82) is 0 Å². The van der Waals surface area contributed by atoms with Gasteiger partial charge < -0.3 is 4.74 Å². The highest BCUT2D eigenvalue weighted by atomic mass is 79.9. The predicted octanol–water partition coefficient (Wildman–Crippen LogP) is 8.11. The van der Waals surface area contributed by atoms with Crippen molar-refractivity contribution >= 4 is 56.2 Å². The summed E-state index contributed by atoms with van der Waals surface area (Å²) in [5, 5.41) is 5.65. The first kappa shape index (κ1) is 25.9. The molecular weight excluding hydrogens is 580 g/mol. The van der Waals surface area contributed by atoms with Crippen LogP contribution in [0.25, 0.3) is 10.9 Å². The average molecular weight is 603 g/mol. The van der Waals surface area contributed by atoms with Crippen LogP contribution in [0.5, 0.6) is 5.75 Å². The molecule has 1 aromatic heterocycles. The summed E-state index contributed by atoms with van der Waals surface area (Å²) in [5.74, 6) is 0.846. The number of fused-ring (bicyclic) bond motifs is 1. The van der Waals surface area contributed by atoms with Crippen LogP contribution in [0, 0.1) is 5.82 Å². The number of hydrogen-bond acceptors (Lipinski definition) is 4. The third-order valence-corrected chi connectivity index (χ3v) is 7.50. The molecule has 1 fully saturated rings. The van der Waals surface area contributed by atoms with Gasteiger partial charge in [0.2, 0.25) is 0 Å². The van der Waals surface area contributed by atoms with Crippen LogP contribution in [-0.2, 0) is 6.61 Å². The molecule has 0 N–H and O–H groups in total. The zero-order valence-corrected chi connectivity index (χ0v) is 22.9. The maximum absolute atomic E-state index is 13.5. The van der Waals surface area contributed by atoms with E-state index in [1.807, 2.05) is 12.1 Å². The summed E-state index contributed by atoms with van der Waals surface area (Å²) in [7, 11) is 0. The van der Waals surface area contributed by atoms with E-state index in [1.165, 1.54) is 23.2 Å². The minimum atomic E-state index is -0.316. The van der Waals surface area contributed by atoms with E-state index in [9.17, 15) is 9.18 Å². The largest absolute Gasteiger partial charge is 0.486 e. The minimum absolute atomic E-state index is 0.168. The lowest BCUT2D eigenvalue weighted by atomic mass is 9.88. The Morgan fingerprint density at radius 2 is 1.76 bits per heavy atom. The van der Waals surface area contributed by atoms with Crippen LogP contribution >= 0.6 is 39.1 Å². The maximum Gasteiger partial charge on any atom is 0.282 e. The number of aromatic nitrogens is 2. The monoisotopic (exact) mass is 601 g/mol. The summed E-state index contributed by atoms with van der Waals surface area (Å²) in [6.45, 7) is 0.186. The first-order valence-corrected chi connectivity index (χ1v) is 13.6. The molecule has 1 saturated carbocycles. The molecule has 1 heterocycles. The molecular formula is C28H23BrCl2FN3O2. The Bertz CT molecular complexity index is 1510. The molecule has 1 aliphatic rings. The Hall–Kier alpha value is -2.74. The van der Waals surface area contributed by atoms with E-state index in [0.29, 0.717) is 38.1 Å². The van der Waals surface area contributed by atoms with Crippen molar-refractivity contribution in [3.8, 4) is 5.75 Å². The number of halogens is 4. The molecule has 0 spiro atoms. The van der Waals surface area contributed by atoms with Gasteiger partial charge >= 0.3 is 0 Å². The molecule has 190 valence electrons. The number of ether oxygens (including phenoxy) is 1. The van der Waals surface area contributed by atoms with Gasteiger partial charge in [0.15, 0.2) is 5.75 Å². The molecule has 4 aromatic rings. The summed E-state index contributed by atoms with van der Waals surface area (Å²) in [6.07, 6.45) is 6.90. The van der Waals surface area contributed by atoms with Crippen LogP contribution in [0.1, 0.15) is 55.0 Å². The Morgan fingerprint density at radius 1 is 1.05 bits per heavy atom. The molecule has 0 amide bonds. The molecule has 0 aliphatic heterocycles. The van der Waals surface area contributed by atoms with Gasteiger partial charge in [0, 0.05) is 10.4 Å². The molecule has 0 radical (unpaired) electrons. The van der Waals surface area contributed by atoms with E-state index in [2.05, 4.69) is 21.0 Å². The van der Waals surface area contributed by atoms with Crippen molar-refractivity contribution in [2.45, 2.75) is 44.6 Å². The fraction of sp³-hybridized carbons (Fsp3) is 0.250. The highest BCUT2D eigenvalue weighted by Gasteiger charge is 2.22. The van der Waals surface area contributed by atoms with E-state index in [4.69, 9.17) is 32.9 Å². The molecule has 0 unspecified atom stereocenters. The van der Waals surface area contributed by atoms with Gasteiger partial charge in [0.1, 0.15) is 18.2 Å². The van der Waals surface area contributed by atoms with Gasteiger partial charge in [-0.05, 0) is 66.4 Å². The molecule has 9 heteroatoms. The van der Waals surface area contributed by atoms with Crippen LogP contribution < -0.4 is 10.3 Å². The molecule has 0 atom stereocenters. The van der Waals surface area contributed by atoms with E-state index in [1.54, 1.807) is 36.5 Å². The normalized spacial score (nSPS) is 14.5. The van der Waals surface area contributed by atoms with E-state index in [-0.39, 0.29) is 23.9 Å². The predicted molar refractivity (Wildman–Crippen MR) is 150 cm³/mol. The number of benzene rings is 3. The van der Waals surface area contributed by atoms with Gasteiger partial charge in [-0.15, -0.1) is 0 Å². The molecule has 37 heavy (non-hydrogen) atoms. The third-order valence-electron chi connectivity index (χ3n) is 6.44. The third kappa shape index (κ3) is 5.89. The van der Waals surface area contributed by atoms with E-state index < -0.39 is 0 Å². The number of hydrogen-bond donors (Lipinski definition) is 0. The van der Waals surface area contributed by atoms with Crippen molar-refractivity contribution in [3.63, 3.8) is 0 Å². The number of nitrogens with zero attached hydrogens (tertiary/aromatic N) is 3.